The standard InChI is InChI=1S/C72H135NO3/c1-3-5-7-9-11-13-15-17-19-21-23-25-27-28-29-30-31-32-33-34-35-36-37-38-39-40-41-42-43-44-46-48-50-52-54-56-58-60-62-64-66-68-72(76)73-70(69-74)71(75)67-65-63-61-59-57-55-53-51-49-47-45-26-24-22-20-18-16-14-12-10-8-6-4-2/h15,17,21,23,49,51,57,59,65,67,70-71,74-75H,3-14,16,18-20,22,24-48,50,52-56,58,60-64,66,68-69H2,1-2H3,(H,73,76)/b17-15-,23-21-,51-49+,59-57+,67-65+. The van der Waals surface area contributed by atoms with Gasteiger partial charge in [-0.15, -0.1) is 0 Å². The summed E-state index contributed by atoms with van der Waals surface area (Å²) in [4.78, 5) is 12.5. The molecule has 2 atom stereocenters. The van der Waals surface area contributed by atoms with Gasteiger partial charge in [-0.2, -0.15) is 0 Å². The van der Waals surface area contributed by atoms with Gasteiger partial charge in [-0.05, 0) is 77.0 Å². The van der Waals surface area contributed by atoms with Gasteiger partial charge in [0, 0.05) is 6.42 Å². The van der Waals surface area contributed by atoms with Crippen molar-refractivity contribution < 1.29 is 15.0 Å². The molecular formula is C72H135NO3. The Morgan fingerprint density at radius 1 is 0.316 bits per heavy atom. The highest BCUT2D eigenvalue weighted by Gasteiger charge is 2.18. The van der Waals surface area contributed by atoms with Crippen LogP contribution >= 0.6 is 0 Å². The Hall–Kier alpha value is -1.91. The van der Waals surface area contributed by atoms with Crippen molar-refractivity contribution in [3.05, 3.63) is 60.8 Å². The summed E-state index contributed by atoms with van der Waals surface area (Å²) in [5.41, 5.74) is 0. The first-order valence-electron chi connectivity index (χ1n) is 34.5. The SMILES string of the molecule is CCCCCCC/C=C\C/C=C\CCCCCCCCCCCCCCCCCCCCCCCCCCCCCCCC(=O)NC(CO)C(O)/C=C/CC/C=C/CC/C=C/CCCCCCCCCCCCCCC. The minimum atomic E-state index is -0.871. The first kappa shape index (κ1) is 74.1. The second-order valence-corrected chi connectivity index (χ2v) is 23.6. The number of carbonyl (C=O) groups excluding carboxylic acids is 1. The Morgan fingerprint density at radius 3 is 0.842 bits per heavy atom. The van der Waals surface area contributed by atoms with E-state index in [9.17, 15) is 15.0 Å². The van der Waals surface area contributed by atoms with Crippen LogP contribution in [0.4, 0.5) is 0 Å². The Balaban J connectivity index is 3.43. The van der Waals surface area contributed by atoms with E-state index in [2.05, 4.69) is 67.8 Å². The van der Waals surface area contributed by atoms with Crippen LogP contribution in [0, 0.1) is 0 Å². The molecule has 3 N–H and O–H groups in total. The molecule has 0 aliphatic carbocycles. The van der Waals surface area contributed by atoms with Crippen LogP contribution in [0.1, 0.15) is 373 Å². The fourth-order valence-electron chi connectivity index (χ4n) is 10.7. The number of aliphatic hydroxyl groups excluding tert-OH is 2. The van der Waals surface area contributed by atoms with E-state index in [1.54, 1.807) is 6.08 Å². The van der Waals surface area contributed by atoms with E-state index in [4.69, 9.17) is 0 Å². The minimum Gasteiger partial charge on any atom is -0.394 e. The Labute approximate surface area is 477 Å². The van der Waals surface area contributed by atoms with Crippen molar-refractivity contribution in [1.29, 1.82) is 0 Å². The van der Waals surface area contributed by atoms with Crippen molar-refractivity contribution in [1.82, 2.24) is 5.32 Å². The third-order valence-corrected chi connectivity index (χ3v) is 16.0. The van der Waals surface area contributed by atoms with Crippen LogP contribution in [0.2, 0.25) is 0 Å². The van der Waals surface area contributed by atoms with Gasteiger partial charge in [0.05, 0.1) is 18.8 Å². The maximum Gasteiger partial charge on any atom is 0.220 e. The van der Waals surface area contributed by atoms with Crippen molar-refractivity contribution in [2.45, 2.75) is 386 Å². The van der Waals surface area contributed by atoms with Crippen LogP contribution < -0.4 is 5.32 Å². The Morgan fingerprint density at radius 2 is 0.553 bits per heavy atom. The van der Waals surface area contributed by atoms with Gasteiger partial charge in [0.2, 0.25) is 5.91 Å². The molecule has 446 valence electrons. The normalized spacial score (nSPS) is 13.1. The summed E-state index contributed by atoms with van der Waals surface area (Å²) in [6, 6.07) is -0.647. The maximum atomic E-state index is 12.5. The fraction of sp³-hybridized carbons (Fsp3) is 0.847. The molecule has 1 amide bonds. The van der Waals surface area contributed by atoms with Crippen molar-refractivity contribution in [3.63, 3.8) is 0 Å². The Kier molecular flexibility index (Phi) is 65.7. The van der Waals surface area contributed by atoms with Crippen LogP contribution in [0.25, 0.3) is 0 Å². The molecule has 4 nitrogen and oxygen atoms in total. The zero-order valence-corrected chi connectivity index (χ0v) is 51.5. The number of nitrogens with one attached hydrogen (secondary N) is 1. The molecule has 0 saturated heterocycles. The summed E-state index contributed by atoms with van der Waals surface area (Å²) in [6.07, 6.45) is 96.0. The molecule has 0 aromatic rings. The van der Waals surface area contributed by atoms with Crippen molar-refractivity contribution in [2.24, 2.45) is 0 Å². The summed E-state index contributed by atoms with van der Waals surface area (Å²) in [6.45, 7) is 4.32. The molecule has 0 heterocycles. The molecule has 0 aromatic carbocycles. The quantitative estimate of drug-likeness (QED) is 0.0420. The van der Waals surface area contributed by atoms with Crippen LogP contribution in [0.15, 0.2) is 60.8 Å². The average molecular weight is 1060 g/mol. The monoisotopic (exact) mass is 1060 g/mol. The largest absolute Gasteiger partial charge is 0.394 e. The molecule has 2 unspecified atom stereocenters. The number of allylic oxidation sites excluding steroid dienone is 9. The molecule has 0 fully saturated rings. The molecule has 0 aliphatic rings. The predicted molar refractivity (Wildman–Crippen MR) is 341 cm³/mol. The highest BCUT2D eigenvalue weighted by molar-refractivity contribution is 5.76. The van der Waals surface area contributed by atoms with E-state index in [-0.39, 0.29) is 12.5 Å². The van der Waals surface area contributed by atoms with Gasteiger partial charge in [0.15, 0.2) is 0 Å². The minimum absolute atomic E-state index is 0.0715. The van der Waals surface area contributed by atoms with Crippen LogP contribution in [0.5, 0.6) is 0 Å². The van der Waals surface area contributed by atoms with Crippen LogP contribution in [0.3, 0.4) is 0 Å². The third kappa shape index (κ3) is 62.9. The molecule has 0 aliphatic heterocycles. The third-order valence-electron chi connectivity index (χ3n) is 16.0. The number of unbranched alkanes of at least 4 members (excludes halogenated alkanes) is 49. The molecule has 0 saturated carbocycles. The average Bonchev–Trinajstić information content (AvgIpc) is 3.42. The van der Waals surface area contributed by atoms with E-state index in [1.807, 2.05) is 6.08 Å². The van der Waals surface area contributed by atoms with E-state index in [0.717, 1.165) is 44.9 Å². The second-order valence-electron chi connectivity index (χ2n) is 23.6. The van der Waals surface area contributed by atoms with Gasteiger partial charge >= 0.3 is 0 Å². The molecule has 76 heavy (non-hydrogen) atoms. The lowest BCUT2D eigenvalue weighted by Crippen LogP contribution is -2.45. The fourth-order valence-corrected chi connectivity index (χ4v) is 10.7. The molecule has 0 rings (SSSR count). The lowest BCUT2D eigenvalue weighted by atomic mass is 10.0. The van der Waals surface area contributed by atoms with E-state index in [0.29, 0.717) is 6.42 Å². The molecule has 0 spiro atoms. The smallest absolute Gasteiger partial charge is 0.220 e. The number of aliphatic hydroxyl groups is 2. The summed E-state index contributed by atoms with van der Waals surface area (Å²) in [5.74, 6) is -0.0715. The number of amides is 1. The van der Waals surface area contributed by atoms with Gasteiger partial charge in [0.25, 0.3) is 0 Å². The van der Waals surface area contributed by atoms with Crippen LogP contribution in [-0.2, 0) is 4.79 Å². The zero-order chi connectivity index (χ0) is 54.8. The molecular weight excluding hydrogens is 927 g/mol. The lowest BCUT2D eigenvalue weighted by molar-refractivity contribution is -0.123. The number of carbonyl (C=O) groups is 1. The lowest BCUT2D eigenvalue weighted by Gasteiger charge is -2.19. The number of rotatable bonds is 64. The summed E-state index contributed by atoms with van der Waals surface area (Å²) < 4.78 is 0. The van der Waals surface area contributed by atoms with Crippen molar-refractivity contribution in [3.8, 4) is 0 Å². The molecule has 0 bridgehead atoms. The van der Waals surface area contributed by atoms with Crippen molar-refractivity contribution >= 4 is 5.91 Å². The highest BCUT2D eigenvalue weighted by atomic mass is 16.3. The zero-order valence-electron chi connectivity index (χ0n) is 51.5. The molecule has 0 aromatic heterocycles. The molecule has 0 radical (unpaired) electrons. The predicted octanol–water partition coefficient (Wildman–Crippen LogP) is 23.5. The topological polar surface area (TPSA) is 69.6 Å². The number of hydrogen-bond donors (Lipinski definition) is 3. The summed E-state index contributed by atoms with van der Waals surface area (Å²) >= 11 is 0. The summed E-state index contributed by atoms with van der Waals surface area (Å²) in [5, 5.41) is 23.2. The maximum absolute atomic E-state index is 12.5. The van der Waals surface area contributed by atoms with Gasteiger partial charge in [-0.1, -0.05) is 351 Å². The molecule has 4 heteroatoms. The second kappa shape index (κ2) is 67.4. The van der Waals surface area contributed by atoms with E-state index in [1.165, 1.54) is 308 Å². The first-order valence-corrected chi connectivity index (χ1v) is 34.5. The first-order chi connectivity index (χ1) is 37.7. The highest BCUT2D eigenvalue weighted by Crippen LogP contribution is 2.18. The van der Waals surface area contributed by atoms with Gasteiger partial charge in [0.1, 0.15) is 0 Å². The van der Waals surface area contributed by atoms with Crippen molar-refractivity contribution in [2.75, 3.05) is 6.61 Å². The summed E-state index contributed by atoms with van der Waals surface area (Å²) in [7, 11) is 0. The van der Waals surface area contributed by atoms with Gasteiger partial charge in [-0.3, -0.25) is 4.79 Å². The van der Waals surface area contributed by atoms with Gasteiger partial charge in [-0.25, -0.2) is 0 Å². The van der Waals surface area contributed by atoms with E-state index < -0.39 is 12.1 Å². The van der Waals surface area contributed by atoms with E-state index >= 15 is 0 Å². The van der Waals surface area contributed by atoms with Gasteiger partial charge < -0.3 is 15.5 Å². The van der Waals surface area contributed by atoms with Crippen LogP contribution in [-0.4, -0.2) is 34.9 Å². The number of hydrogen-bond acceptors (Lipinski definition) is 3. The Bertz CT molecular complexity index is 1250.